The van der Waals surface area contributed by atoms with Gasteiger partial charge in [0.1, 0.15) is 18.1 Å². The molecule has 2 aromatic rings. The fourth-order valence-corrected chi connectivity index (χ4v) is 1.95. The number of rotatable bonds is 6. The molecule has 1 N–H and O–H groups in total. The molecule has 0 amide bonds. The van der Waals surface area contributed by atoms with Gasteiger partial charge in [0.2, 0.25) is 0 Å². The van der Waals surface area contributed by atoms with Crippen LogP contribution in [0.25, 0.3) is 0 Å². The highest BCUT2D eigenvalue weighted by Crippen LogP contribution is 2.25. The molecular weight excluding hydrogens is 252 g/mol. The van der Waals surface area contributed by atoms with Gasteiger partial charge in [-0.25, -0.2) is 0 Å². The molecule has 4 heteroatoms. The van der Waals surface area contributed by atoms with Crippen molar-refractivity contribution in [1.29, 1.82) is 0 Å². The van der Waals surface area contributed by atoms with Crippen LogP contribution in [0.4, 0.5) is 0 Å². The second-order valence-corrected chi connectivity index (χ2v) is 4.56. The van der Waals surface area contributed by atoms with Crippen molar-refractivity contribution < 1.29 is 9.47 Å². The second-order valence-electron chi connectivity index (χ2n) is 4.56. The molecule has 0 radical (unpaired) electrons. The average Bonchev–Trinajstić information content (AvgIpc) is 2.48. The zero-order valence-electron chi connectivity index (χ0n) is 12.1. The topological polar surface area (TPSA) is 43.4 Å². The number of nitrogens with zero attached hydrogens (tertiary/aromatic N) is 1. The van der Waals surface area contributed by atoms with Gasteiger partial charge in [0, 0.05) is 24.4 Å². The van der Waals surface area contributed by atoms with Crippen molar-refractivity contribution in [1.82, 2.24) is 10.3 Å². The van der Waals surface area contributed by atoms with Crippen molar-refractivity contribution in [3.63, 3.8) is 0 Å². The fraction of sp³-hybridized carbons (Fsp3) is 0.312. The Bertz CT molecular complexity index is 570. The Labute approximate surface area is 119 Å². The Kier molecular flexibility index (Phi) is 4.96. The first kappa shape index (κ1) is 14.3. The zero-order valence-corrected chi connectivity index (χ0v) is 12.1. The lowest BCUT2D eigenvalue weighted by atomic mass is 10.2. The lowest BCUT2D eigenvalue weighted by molar-refractivity contribution is 0.294. The number of hydrogen-bond acceptors (Lipinski definition) is 4. The second kappa shape index (κ2) is 6.91. The van der Waals surface area contributed by atoms with Crippen molar-refractivity contribution in [2.45, 2.75) is 20.1 Å². The molecule has 0 fully saturated rings. The normalized spacial score (nSPS) is 10.3. The van der Waals surface area contributed by atoms with Gasteiger partial charge in [0.15, 0.2) is 0 Å². The summed E-state index contributed by atoms with van der Waals surface area (Å²) in [6.45, 7) is 3.24. The molecule has 0 atom stereocenters. The molecule has 1 aromatic carbocycles. The Hall–Kier alpha value is -2.07. The van der Waals surface area contributed by atoms with E-state index in [-0.39, 0.29) is 0 Å². The maximum atomic E-state index is 5.92. The highest BCUT2D eigenvalue weighted by Gasteiger charge is 2.07. The third kappa shape index (κ3) is 3.48. The Morgan fingerprint density at radius 3 is 2.80 bits per heavy atom. The highest BCUT2D eigenvalue weighted by atomic mass is 16.5. The van der Waals surface area contributed by atoms with E-state index in [0.29, 0.717) is 6.61 Å². The molecule has 0 unspecified atom stereocenters. The van der Waals surface area contributed by atoms with Crippen molar-refractivity contribution in [2.75, 3.05) is 14.2 Å². The largest absolute Gasteiger partial charge is 0.497 e. The van der Waals surface area contributed by atoms with Gasteiger partial charge in [0.05, 0.1) is 12.8 Å². The summed E-state index contributed by atoms with van der Waals surface area (Å²) in [5.41, 5.74) is 3.18. The minimum absolute atomic E-state index is 0.455. The van der Waals surface area contributed by atoms with Gasteiger partial charge in [-0.2, -0.15) is 0 Å². The quantitative estimate of drug-likeness (QED) is 0.878. The first-order valence-corrected chi connectivity index (χ1v) is 6.59. The summed E-state index contributed by atoms with van der Waals surface area (Å²) in [5, 5.41) is 3.13. The summed E-state index contributed by atoms with van der Waals surface area (Å²) in [6.07, 6.45) is 1.78. The number of aryl methyl sites for hydroxylation is 1. The number of hydrogen-bond donors (Lipinski definition) is 1. The van der Waals surface area contributed by atoms with Crippen molar-refractivity contribution in [3.05, 3.63) is 53.3 Å². The summed E-state index contributed by atoms with van der Waals surface area (Å²) in [5.74, 6) is 1.61. The molecule has 0 saturated heterocycles. The predicted molar refractivity (Wildman–Crippen MR) is 79.1 cm³/mol. The number of benzene rings is 1. The van der Waals surface area contributed by atoms with E-state index in [4.69, 9.17) is 9.47 Å². The van der Waals surface area contributed by atoms with E-state index in [1.807, 2.05) is 44.3 Å². The number of aromatic nitrogens is 1. The van der Waals surface area contributed by atoms with E-state index in [1.54, 1.807) is 13.3 Å². The number of nitrogens with one attached hydrogen (secondary N) is 1. The molecule has 20 heavy (non-hydrogen) atoms. The molecule has 2 rings (SSSR count). The fourth-order valence-electron chi connectivity index (χ4n) is 1.95. The van der Waals surface area contributed by atoms with E-state index in [0.717, 1.165) is 34.9 Å². The van der Waals surface area contributed by atoms with Crippen LogP contribution in [0.5, 0.6) is 11.5 Å². The third-order valence-electron chi connectivity index (χ3n) is 3.12. The van der Waals surface area contributed by atoms with E-state index in [2.05, 4.69) is 10.3 Å². The summed E-state index contributed by atoms with van der Waals surface area (Å²) < 4.78 is 11.2. The van der Waals surface area contributed by atoms with Gasteiger partial charge in [-0.1, -0.05) is 12.1 Å². The van der Waals surface area contributed by atoms with Crippen LogP contribution < -0.4 is 14.8 Å². The first-order chi connectivity index (χ1) is 9.74. The lowest BCUT2D eigenvalue weighted by Gasteiger charge is -2.13. The molecule has 0 saturated carbocycles. The molecule has 0 spiro atoms. The van der Waals surface area contributed by atoms with Crippen LogP contribution in [0.2, 0.25) is 0 Å². The molecule has 106 valence electrons. The predicted octanol–water partition coefficient (Wildman–Crippen LogP) is 2.70. The van der Waals surface area contributed by atoms with Crippen LogP contribution in [0.15, 0.2) is 36.5 Å². The van der Waals surface area contributed by atoms with Crippen molar-refractivity contribution in [2.24, 2.45) is 0 Å². The lowest BCUT2D eigenvalue weighted by Crippen LogP contribution is -2.08. The average molecular weight is 272 g/mol. The maximum absolute atomic E-state index is 5.92. The van der Waals surface area contributed by atoms with Crippen LogP contribution in [0.3, 0.4) is 0 Å². The monoisotopic (exact) mass is 272 g/mol. The maximum Gasteiger partial charge on any atom is 0.130 e. The van der Waals surface area contributed by atoms with Crippen LogP contribution in [-0.2, 0) is 13.2 Å². The van der Waals surface area contributed by atoms with Crippen LogP contribution in [0.1, 0.15) is 16.8 Å². The number of pyridine rings is 1. The molecule has 4 nitrogen and oxygen atoms in total. The van der Waals surface area contributed by atoms with Gasteiger partial charge in [-0.15, -0.1) is 0 Å². The molecule has 0 aliphatic heterocycles. The van der Waals surface area contributed by atoms with Gasteiger partial charge in [-0.3, -0.25) is 4.98 Å². The van der Waals surface area contributed by atoms with Crippen molar-refractivity contribution >= 4 is 0 Å². The SMILES string of the molecule is CNCc1ccc(OC)cc1OCc1ncccc1C. The minimum atomic E-state index is 0.455. The minimum Gasteiger partial charge on any atom is -0.497 e. The summed E-state index contributed by atoms with van der Waals surface area (Å²) in [4.78, 5) is 4.34. The number of methoxy groups -OCH3 is 1. The summed E-state index contributed by atoms with van der Waals surface area (Å²) >= 11 is 0. The zero-order chi connectivity index (χ0) is 14.4. The standard InChI is InChI=1S/C16H20N2O2/c1-12-5-4-8-18-15(12)11-20-16-9-14(19-3)7-6-13(16)10-17-2/h4-9,17H,10-11H2,1-3H3. The van der Waals surface area contributed by atoms with Crippen molar-refractivity contribution in [3.8, 4) is 11.5 Å². The molecule has 1 aromatic heterocycles. The van der Waals surface area contributed by atoms with Gasteiger partial charge < -0.3 is 14.8 Å². The van der Waals surface area contributed by atoms with Crippen LogP contribution in [-0.4, -0.2) is 19.1 Å². The summed E-state index contributed by atoms with van der Waals surface area (Å²) in [7, 11) is 3.57. The molecule has 0 bridgehead atoms. The van der Waals surface area contributed by atoms with E-state index in [9.17, 15) is 0 Å². The van der Waals surface area contributed by atoms with E-state index >= 15 is 0 Å². The van der Waals surface area contributed by atoms with Crippen LogP contribution >= 0.6 is 0 Å². The van der Waals surface area contributed by atoms with E-state index in [1.165, 1.54) is 0 Å². The highest BCUT2D eigenvalue weighted by molar-refractivity contribution is 5.40. The molecule has 1 heterocycles. The third-order valence-corrected chi connectivity index (χ3v) is 3.12. The van der Waals surface area contributed by atoms with Crippen LogP contribution in [0, 0.1) is 6.92 Å². The first-order valence-electron chi connectivity index (χ1n) is 6.59. The van der Waals surface area contributed by atoms with Gasteiger partial charge in [0.25, 0.3) is 0 Å². The Balaban J connectivity index is 2.17. The van der Waals surface area contributed by atoms with E-state index < -0.39 is 0 Å². The van der Waals surface area contributed by atoms with Gasteiger partial charge >= 0.3 is 0 Å². The Morgan fingerprint density at radius 1 is 1.25 bits per heavy atom. The van der Waals surface area contributed by atoms with Gasteiger partial charge in [-0.05, 0) is 31.7 Å². The smallest absolute Gasteiger partial charge is 0.130 e. The molecular formula is C16H20N2O2. The molecule has 0 aliphatic rings. The number of ether oxygens (including phenoxy) is 2. The molecule has 0 aliphatic carbocycles. The summed E-state index contributed by atoms with van der Waals surface area (Å²) in [6, 6.07) is 9.81. The Morgan fingerprint density at radius 2 is 2.10 bits per heavy atom.